The lowest BCUT2D eigenvalue weighted by atomic mass is 9.77. The Bertz CT molecular complexity index is 419. The zero-order valence-corrected chi connectivity index (χ0v) is 11.8. The average molecular weight is 261 g/mol. The van der Waals surface area contributed by atoms with Crippen molar-refractivity contribution >= 4 is 11.7 Å². The van der Waals surface area contributed by atoms with Gasteiger partial charge in [0.25, 0.3) is 0 Å². The number of hydrogen-bond acceptors (Lipinski definition) is 2. The van der Waals surface area contributed by atoms with Gasteiger partial charge in [0.15, 0.2) is 0 Å². The number of carbonyl (C=O) groups is 1. The molecule has 0 heterocycles. The van der Waals surface area contributed by atoms with E-state index in [1.807, 2.05) is 43.3 Å². The first kappa shape index (κ1) is 13.9. The Morgan fingerprint density at radius 1 is 1.16 bits per heavy atom. The lowest BCUT2D eigenvalue weighted by Gasteiger charge is -2.28. The quantitative estimate of drug-likeness (QED) is 0.901. The second kappa shape index (κ2) is 6.09. The minimum atomic E-state index is -0.676. The van der Waals surface area contributed by atoms with Crippen molar-refractivity contribution in [2.45, 2.75) is 38.0 Å². The zero-order chi connectivity index (χ0) is 13.8. The Morgan fingerprint density at radius 3 is 2.21 bits per heavy atom. The number of anilines is 1. The van der Waals surface area contributed by atoms with E-state index in [0.29, 0.717) is 5.92 Å². The van der Waals surface area contributed by atoms with Crippen molar-refractivity contribution in [1.29, 1.82) is 0 Å². The Morgan fingerprint density at radius 2 is 1.74 bits per heavy atom. The third-order valence-electron chi connectivity index (χ3n) is 4.16. The first-order valence-corrected chi connectivity index (χ1v) is 7.09. The monoisotopic (exact) mass is 261 g/mol. The number of carboxylic acids is 1. The number of hydrogen-bond donors (Lipinski definition) is 1. The van der Waals surface area contributed by atoms with E-state index >= 15 is 0 Å². The van der Waals surface area contributed by atoms with Crippen LogP contribution in [0.4, 0.5) is 5.69 Å². The molecule has 0 aliphatic heterocycles. The maximum atomic E-state index is 11.6. The molecule has 0 aromatic heterocycles. The fourth-order valence-corrected chi connectivity index (χ4v) is 3.06. The summed E-state index contributed by atoms with van der Waals surface area (Å²) >= 11 is 0. The van der Waals surface area contributed by atoms with Gasteiger partial charge >= 0.3 is 5.97 Å². The van der Waals surface area contributed by atoms with Gasteiger partial charge in [0.05, 0.1) is 5.92 Å². The van der Waals surface area contributed by atoms with Gasteiger partial charge < -0.3 is 10.0 Å². The molecule has 0 radical (unpaired) electrons. The van der Waals surface area contributed by atoms with Gasteiger partial charge in [0, 0.05) is 19.8 Å². The molecule has 1 saturated carbocycles. The average Bonchev–Trinajstić information content (AvgIpc) is 2.40. The number of benzene rings is 1. The molecular weight excluding hydrogens is 238 g/mol. The van der Waals surface area contributed by atoms with E-state index in [-0.39, 0.29) is 5.92 Å². The highest BCUT2D eigenvalue weighted by atomic mass is 16.4. The molecule has 1 aliphatic rings. The molecule has 1 atom stereocenters. The number of aliphatic carboxylic acids is 1. The van der Waals surface area contributed by atoms with Crippen LogP contribution in [0.1, 0.15) is 43.6 Å². The summed E-state index contributed by atoms with van der Waals surface area (Å²) in [6, 6.07) is 7.97. The van der Waals surface area contributed by atoms with Crippen LogP contribution in [-0.2, 0) is 4.79 Å². The second-order valence-corrected chi connectivity index (χ2v) is 5.70. The summed E-state index contributed by atoms with van der Waals surface area (Å²) in [6.07, 6.45) is 5.69. The van der Waals surface area contributed by atoms with E-state index in [0.717, 1.165) is 24.1 Å². The zero-order valence-electron chi connectivity index (χ0n) is 11.8. The van der Waals surface area contributed by atoms with Gasteiger partial charge in [0.1, 0.15) is 0 Å². The summed E-state index contributed by atoms with van der Waals surface area (Å²) in [5.74, 6) is -0.711. The summed E-state index contributed by atoms with van der Waals surface area (Å²) in [5.41, 5.74) is 2.06. The second-order valence-electron chi connectivity index (χ2n) is 5.70. The standard InChI is InChI=1S/C16H23NO2/c1-17(2)14-10-8-13(9-11-14)15(16(18)19)12-6-4-3-5-7-12/h8-12,15H,3-7H2,1-2H3,(H,18,19). The summed E-state index contributed by atoms with van der Waals surface area (Å²) in [6.45, 7) is 0. The largest absolute Gasteiger partial charge is 0.481 e. The highest BCUT2D eigenvalue weighted by molar-refractivity contribution is 5.76. The van der Waals surface area contributed by atoms with Crippen molar-refractivity contribution in [2.24, 2.45) is 5.92 Å². The van der Waals surface area contributed by atoms with E-state index in [9.17, 15) is 9.90 Å². The van der Waals surface area contributed by atoms with Crippen molar-refractivity contribution in [3.8, 4) is 0 Å². The van der Waals surface area contributed by atoms with Gasteiger partial charge in [-0.1, -0.05) is 31.4 Å². The van der Waals surface area contributed by atoms with Crippen molar-refractivity contribution in [3.63, 3.8) is 0 Å². The van der Waals surface area contributed by atoms with Gasteiger partial charge in [-0.3, -0.25) is 4.79 Å². The fourth-order valence-electron chi connectivity index (χ4n) is 3.06. The minimum Gasteiger partial charge on any atom is -0.481 e. The maximum Gasteiger partial charge on any atom is 0.311 e. The Labute approximate surface area is 115 Å². The molecule has 3 nitrogen and oxygen atoms in total. The van der Waals surface area contributed by atoms with E-state index in [4.69, 9.17) is 0 Å². The van der Waals surface area contributed by atoms with Gasteiger partial charge in [-0.15, -0.1) is 0 Å². The summed E-state index contributed by atoms with van der Waals surface area (Å²) in [5, 5.41) is 9.55. The molecule has 1 unspecified atom stereocenters. The highest BCUT2D eigenvalue weighted by Gasteiger charge is 2.30. The van der Waals surface area contributed by atoms with Gasteiger partial charge in [-0.2, -0.15) is 0 Å². The molecule has 0 saturated heterocycles. The summed E-state index contributed by atoms with van der Waals surface area (Å²) < 4.78 is 0. The Balaban J connectivity index is 2.20. The van der Waals surface area contributed by atoms with Crippen LogP contribution >= 0.6 is 0 Å². The molecule has 1 aromatic carbocycles. The van der Waals surface area contributed by atoms with Crippen molar-refractivity contribution in [2.75, 3.05) is 19.0 Å². The molecule has 3 heteroatoms. The van der Waals surface area contributed by atoms with E-state index in [1.54, 1.807) is 0 Å². The lowest BCUT2D eigenvalue weighted by molar-refractivity contribution is -0.140. The van der Waals surface area contributed by atoms with Crippen molar-refractivity contribution < 1.29 is 9.90 Å². The summed E-state index contributed by atoms with van der Waals surface area (Å²) in [4.78, 5) is 13.6. The molecule has 1 aromatic rings. The third-order valence-corrected chi connectivity index (χ3v) is 4.16. The lowest BCUT2D eigenvalue weighted by Crippen LogP contribution is -2.23. The van der Waals surface area contributed by atoms with Crippen LogP contribution in [-0.4, -0.2) is 25.2 Å². The molecule has 19 heavy (non-hydrogen) atoms. The third kappa shape index (κ3) is 3.28. The highest BCUT2D eigenvalue weighted by Crippen LogP contribution is 2.36. The van der Waals surface area contributed by atoms with Gasteiger partial charge in [-0.25, -0.2) is 0 Å². The maximum absolute atomic E-state index is 11.6. The van der Waals surface area contributed by atoms with Crippen LogP contribution in [0.15, 0.2) is 24.3 Å². The predicted octanol–water partition coefficient (Wildman–Crippen LogP) is 3.50. The van der Waals surface area contributed by atoms with E-state index in [2.05, 4.69) is 0 Å². The van der Waals surface area contributed by atoms with Gasteiger partial charge in [-0.05, 0) is 36.5 Å². The van der Waals surface area contributed by atoms with Crippen LogP contribution in [0.25, 0.3) is 0 Å². The van der Waals surface area contributed by atoms with Crippen molar-refractivity contribution in [3.05, 3.63) is 29.8 Å². The molecule has 1 fully saturated rings. The number of rotatable bonds is 4. The molecule has 0 amide bonds. The van der Waals surface area contributed by atoms with Gasteiger partial charge in [0.2, 0.25) is 0 Å². The first-order valence-electron chi connectivity index (χ1n) is 7.09. The minimum absolute atomic E-state index is 0.302. The SMILES string of the molecule is CN(C)c1ccc(C(C(=O)O)C2CCCCC2)cc1. The molecule has 1 aliphatic carbocycles. The Hall–Kier alpha value is -1.51. The van der Waals surface area contributed by atoms with Crippen LogP contribution in [0.3, 0.4) is 0 Å². The van der Waals surface area contributed by atoms with E-state index in [1.165, 1.54) is 19.3 Å². The molecular formula is C16H23NO2. The van der Waals surface area contributed by atoms with Crippen LogP contribution in [0, 0.1) is 5.92 Å². The van der Waals surface area contributed by atoms with Crippen LogP contribution in [0.5, 0.6) is 0 Å². The van der Waals surface area contributed by atoms with Crippen molar-refractivity contribution in [1.82, 2.24) is 0 Å². The number of carboxylic acid groups (broad SMARTS) is 1. The van der Waals surface area contributed by atoms with Crippen LogP contribution in [0.2, 0.25) is 0 Å². The predicted molar refractivity (Wildman–Crippen MR) is 77.7 cm³/mol. The van der Waals surface area contributed by atoms with E-state index < -0.39 is 5.97 Å². The number of nitrogens with zero attached hydrogens (tertiary/aromatic N) is 1. The molecule has 0 spiro atoms. The Kier molecular flexibility index (Phi) is 4.46. The molecule has 2 rings (SSSR count). The molecule has 1 N–H and O–H groups in total. The van der Waals surface area contributed by atoms with Crippen LogP contribution < -0.4 is 4.90 Å². The summed E-state index contributed by atoms with van der Waals surface area (Å²) in [7, 11) is 3.98. The molecule has 0 bridgehead atoms. The topological polar surface area (TPSA) is 40.5 Å². The molecule has 104 valence electrons. The first-order chi connectivity index (χ1) is 9.09. The fraction of sp³-hybridized carbons (Fsp3) is 0.562. The normalized spacial score (nSPS) is 18.0. The smallest absolute Gasteiger partial charge is 0.311 e.